The minimum Gasteiger partial charge on any atom is -0.497 e. The molecule has 0 bridgehead atoms. The number of hydrazine groups is 1. The fourth-order valence-electron chi connectivity index (χ4n) is 2.32. The molecule has 0 atom stereocenters. The predicted molar refractivity (Wildman–Crippen MR) is 90.8 cm³/mol. The second-order valence-electron chi connectivity index (χ2n) is 4.85. The summed E-state index contributed by atoms with van der Waals surface area (Å²) in [4.78, 5) is 0. The molecule has 0 saturated carbocycles. The highest BCUT2D eigenvalue weighted by atomic mass is 19.1. The summed E-state index contributed by atoms with van der Waals surface area (Å²) >= 11 is 0. The molecule has 0 heterocycles. The Hall–Kier alpha value is -2.93. The standard InChI is InChI=1S/C17H20FN3O3/c1-22-12-8-13(17(24-3)14(9-12)23-2)15(19)16(21-20)10-4-6-11(18)7-5-10/h4-9,21H,19-20H2,1-3H3/b16-15-. The van der Waals surface area contributed by atoms with E-state index in [0.717, 1.165) is 0 Å². The molecule has 0 radical (unpaired) electrons. The van der Waals surface area contributed by atoms with E-state index in [1.165, 1.54) is 33.5 Å². The van der Waals surface area contributed by atoms with Crippen LogP contribution in [0.1, 0.15) is 11.1 Å². The summed E-state index contributed by atoms with van der Waals surface area (Å²) in [7, 11) is 4.56. The van der Waals surface area contributed by atoms with Gasteiger partial charge in [0, 0.05) is 17.2 Å². The van der Waals surface area contributed by atoms with Crippen LogP contribution in [0.2, 0.25) is 0 Å². The molecule has 0 aliphatic rings. The number of methoxy groups -OCH3 is 3. The SMILES string of the molecule is COc1cc(OC)c(OC)c(/C(N)=C(/NN)c2ccc(F)cc2)c1. The van der Waals surface area contributed by atoms with Gasteiger partial charge >= 0.3 is 0 Å². The van der Waals surface area contributed by atoms with E-state index in [-0.39, 0.29) is 5.82 Å². The second-order valence-corrected chi connectivity index (χ2v) is 4.85. The minimum absolute atomic E-state index is 0.304. The van der Waals surface area contributed by atoms with Crippen LogP contribution >= 0.6 is 0 Å². The van der Waals surface area contributed by atoms with Crippen molar-refractivity contribution in [3.8, 4) is 17.2 Å². The molecule has 0 aromatic heterocycles. The van der Waals surface area contributed by atoms with Gasteiger partial charge < -0.3 is 25.4 Å². The summed E-state index contributed by atoms with van der Waals surface area (Å²) in [5.41, 5.74) is 10.7. The van der Waals surface area contributed by atoms with Gasteiger partial charge in [-0.25, -0.2) is 4.39 Å². The van der Waals surface area contributed by atoms with E-state index in [2.05, 4.69) is 5.43 Å². The van der Waals surface area contributed by atoms with E-state index in [4.69, 9.17) is 25.8 Å². The zero-order valence-electron chi connectivity index (χ0n) is 13.7. The molecule has 2 aromatic carbocycles. The van der Waals surface area contributed by atoms with Gasteiger partial charge in [0.15, 0.2) is 11.5 Å². The first-order chi connectivity index (χ1) is 11.5. The number of benzene rings is 2. The lowest BCUT2D eigenvalue weighted by Gasteiger charge is -2.18. The van der Waals surface area contributed by atoms with Crippen LogP contribution in [0.3, 0.4) is 0 Å². The smallest absolute Gasteiger partial charge is 0.170 e. The highest BCUT2D eigenvalue weighted by Gasteiger charge is 2.18. The molecule has 2 aromatic rings. The first-order valence-electron chi connectivity index (χ1n) is 7.08. The number of halogens is 1. The Morgan fingerprint density at radius 1 is 1.00 bits per heavy atom. The fraction of sp³-hybridized carbons (Fsp3) is 0.176. The molecule has 0 fully saturated rings. The fourth-order valence-corrected chi connectivity index (χ4v) is 2.32. The monoisotopic (exact) mass is 333 g/mol. The van der Waals surface area contributed by atoms with Crippen molar-refractivity contribution < 1.29 is 18.6 Å². The predicted octanol–water partition coefficient (Wildman–Crippen LogP) is 2.10. The molecule has 24 heavy (non-hydrogen) atoms. The van der Waals surface area contributed by atoms with E-state index in [1.807, 2.05) is 0 Å². The van der Waals surface area contributed by atoms with Crippen molar-refractivity contribution in [2.75, 3.05) is 21.3 Å². The molecule has 0 unspecified atom stereocenters. The highest BCUT2D eigenvalue weighted by Crippen LogP contribution is 2.39. The number of hydrogen-bond donors (Lipinski definition) is 3. The van der Waals surface area contributed by atoms with Crippen LogP contribution in [0.5, 0.6) is 17.2 Å². The van der Waals surface area contributed by atoms with Gasteiger partial charge in [-0.05, 0) is 30.3 Å². The van der Waals surface area contributed by atoms with Crippen LogP contribution in [0.15, 0.2) is 36.4 Å². The molecule has 5 N–H and O–H groups in total. The Bertz CT molecular complexity index is 745. The van der Waals surface area contributed by atoms with E-state index in [9.17, 15) is 4.39 Å². The van der Waals surface area contributed by atoms with Crippen molar-refractivity contribution >= 4 is 11.4 Å². The van der Waals surface area contributed by atoms with Crippen molar-refractivity contribution in [2.24, 2.45) is 11.6 Å². The van der Waals surface area contributed by atoms with Crippen molar-refractivity contribution in [1.29, 1.82) is 0 Å². The maximum absolute atomic E-state index is 13.1. The molecule has 128 valence electrons. The average molecular weight is 333 g/mol. The van der Waals surface area contributed by atoms with Crippen molar-refractivity contribution in [2.45, 2.75) is 0 Å². The minimum atomic E-state index is -0.352. The van der Waals surface area contributed by atoms with Gasteiger partial charge in [-0.3, -0.25) is 5.84 Å². The van der Waals surface area contributed by atoms with Gasteiger partial charge in [0.05, 0.1) is 32.7 Å². The molecule has 0 saturated heterocycles. The first-order valence-corrected chi connectivity index (χ1v) is 7.08. The summed E-state index contributed by atoms with van der Waals surface area (Å²) in [5, 5.41) is 0. The number of nitrogens with two attached hydrogens (primary N) is 2. The van der Waals surface area contributed by atoms with Crippen LogP contribution in [-0.2, 0) is 0 Å². The van der Waals surface area contributed by atoms with Gasteiger partial charge in [-0.1, -0.05) is 0 Å². The van der Waals surface area contributed by atoms with Crippen molar-refractivity contribution in [1.82, 2.24) is 5.43 Å². The number of nitrogens with one attached hydrogen (secondary N) is 1. The Balaban J connectivity index is 2.68. The highest BCUT2D eigenvalue weighted by molar-refractivity contribution is 5.91. The van der Waals surface area contributed by atoms with E-state index >= 15 is 0 Å². The van der Waals surface area contributed by atoms with Crippen molar-refractivity contribution in [3.63, 3.8) is 0 Å². The van der Waals surface area contributed by atoms with Crippen LogP contribution in [0.25, 0.3) is 11.4 Å². The van der Waals surface area contributed by atoms with Crippen molar-refractivity contribution in [3.05, 3.63) is 53.3 Å². The topological polar surface area (TPSA) is 91.8 Å². The number of rotatable bonds is 6. The van der Waals surface area contributed by atoms with Crippen LogP contribution in [-0.4, -0.2) is 21.3 Å². The maximum atomic E-state index is 13.1. The van der Waals surface area contributed by atoms with Crippen LogP contribution in [0, 0.1) is 5.82 Å². The van der Waals surface area contributed by atoms with Gasteiger partial charge in [-0.2, -0.15) is 0 Å². The third-order valence-electron chi connectivity index (χ3n) is 3.52. The Morgan fingerprint density at radius 3 is 2.17 bits per heavy atom. The molecular weight excluding hydrogens is 313 g/mol. The zero-order chi connectivity index (χ0) is 17.7. The number of ether oxygens (including phenoxy) is 3. The Kier molecular flexibility index (Phi) is 5.49. The Morgan fingerprint density at radius 2 is 1.67 bits per heavy atom. The van der Waals surface area contributed by atoms with Crippen LogP contribution in [0.4, 0.5) is 4.39 Å². The molecule has 0 amide bonds. The average Bonchev–Trinajstić information content (AvgIpc) is 2.62. The molecule has 0 spiro atoms. The zero-order valence-corrected chi connectivity index (χ0v) is 13.7. The lowest BCUT2D eigenvalue weighted by atomic mass is 10.0. The van der Waals surface area contributed by atoms with Gasteiger partial charge in [-0.15, -0.1) is 0 Å². The molecule has 0 aliphatic heterocycles. The van der Waals surface area contributed by atoms with E-state index in [0.29, 0.717) is 39.8 Å². The number of hydrogen-bond acceptors (Lipinski definition) is 6. The van der Waals surface area contributed by atoms with E-state index < -0.39 is 0 Å². The third kappa shape index (κ3) is 3.36. The van der Waals surface area contributed by atoms with Gasteiger partial charge in [0.1, 0.15) is 11.6 Å². The lowest BCUT2D eigenvalue weighted by Crippen LogP contribution is -2.23. The normalized spacial score (nSPS) is 11.5. The molecule has 2 rings (SSSR count). The van der Waals surface area contributed by atoms with Gasteiger partial charge in [0.25, 0.3) is 0 Å². The van der Waals surface area contributed by atoms with Crippen LogP contribution < -0.4 is 31.2 Å². The Labute approximate surface area is 139 Å². The molecule has 0 aliphatic carbocycles. The van der Waals surface area contributed by atoms with Gasteiger partial charge in [0.2, 0.25) is 0 Å². The summed E-state index contributed by atoms with van der Waals surface area (Å²) in [5.74, 6) is 6.72. The summed E-state index contributed by atoms with van der Waals surface area (Å²) < 4.78 is 29.1. The molecular formula is C17H20FN3O3. The molecule has 7 heteroatoms. The summed E-state index contributed by atoms with van der Waals surface area (Å²) in [6.07, 6.45) is 0. The quantitative estimate of drug-likeness (QED) is 0.426. The first kappa shape index (κ1) is 17.4. The van der Waals surface area contributed by atoms with E-state index in [1.54, 1.807) is 24.3 Å². The molecule has 6 nitrogen and oxygen atoms in total. The largest absolute Gasteiger partial charge is 0.497 e. The lowest BCUT2D eigenvalue weighted by molar-refractivity contribution is 0.348. The second kappa shape index (κ2) is 7.56. The summed E-state index contributed by atoms with van der Waals surface area (Å²) in [6.45, 7) is 0. The third-order valence-corrected chi connectivity index (χ3v) is 3.52. The maximum Gasteiger partial charge on any atom is 0.170 e. The summed E-state index contributed by atoms with van der Waals surface area (Å²) in [6, 6.07) is 9.18.